The molecule has 1 saturated heterocycles. The van der Waals surface area contributed by atoms with Crippen LogP contribution in [0.4, 0.5) is 4.39 Å². The Morgan fingerprint density at radius 3 is 2.66 bits per heavy atom. The third-order valence-corrected chi connectivity index (χ3v) is 11.4. The molecule has 4 rings (SSSR count). The number of fused-ring (bicyclic) bond motifs is 1. The summed E-state index contributed by atoms with van der Waals surface area (Å²) in [6, 6.07) is 3.76. The first-order chi connectivity index (χ1) is 18.4. The van der Waals surface area contributed by atoms with Crippen molar-refractivity contribution in [1.82, 2.24) is 10.2 Å². The Balaban J connectivity index is 1.24. The van der Waals surface area contributed by atoms with Gasteiger partial charge < -0.3 is 15.3 Å². The second-order valence-electron chi connectivity index (χ2n) is 10.8. The molecule has 2 aliphatic heterocycles. The summed E-state index contributed by atoms with van der Waals surface area (Å²) in [4.78, 5) is 14.6. The summed E-state index contributed by atoms with van der Waals surface area (Å²) in [6.07, 6.45) is 22.0. The number of aliphatic hydroxyl groups excluding tert-OH is 1. The van der Waals surface area contributed by atoms with Crippen molar-refractivity contribution in [1.29, 1.82) is 0 Å². The lowest BCUT2D eigenvalue weighted by atomic mass is 9.78. The number of carbonyl (C=O) groups excluding carboxylic acids is 1. The van der Waals surface area contributed by atoms with Gasteiger partial charge in [-0.25, -0.2) is 4.39 Å². The van der Waals surface area contributed by atoms with Crippen LogP contribution in [0.15, 0.2) is 54.3 Å². The molecule has 7 heteroatoms. The highest BCUT2D eigenvalue weighted by Crippen LogP contribution is 2.37. The van der Waals surface area contributed by atoms with Crippen LogP contribution in [0, 0.1) is 36.6 Å². The van der Waals surface area contributed by atoms with Crippen LogP contribution in [-0.4, -0.2) is 41.7 Å². The van der Waals surface area contributed by atoms with Gasteiger partial charge in [-0.2, -0.15) is 0 Å². The van der Waals surface area contributed by atoms with E-state index in [-0.39, 0.29) is 18.3 Å². The third kappa shape index (κ3) is 7.50. The predicted molar refractivity (Wildman–Crippen MR) is 170 cm³/mol. The maximum atomic E-state index is 14.0. The van der Waals surface area contributed by atoms with E-state index >= 15 is 0 Å². The van der Waals surface area contributed by atoms with Gasteiger partial charge in [-0.15, -0.1) is 0 Å². The van der Waals surface area contributed by atoms with Crippen molar-refractivity contribution in [2.24, 2.45) is 23.7 Å². The van der Waals surface area contributed by atoms with Gasteiger partial charge in [-0.3, -0.25) is 4.79 Å². The molecule has 0 radical (unpaired) electrons. The van der Waals surface area contributed by atoms with Gasteiger partial charge >= 0.3 is 0 Å². The van der Waals surface area contributed by atoms with Crippen LogP contribution in [0.3, 0.4) is 0 Å². The Labute approximate surface area is 254 Å². The van der Waals surface area contributed by atoms with Gasteiger partial charge in [-0.1, -0.05) is 44.1 Å². The molecule has 1 aromatic rings. The molecule has 1 fully saturated rings. The Hall–Kier alpha value is -1.20. The van der Waals surface area contributed by atoms with Crippen LogP contribution in [0.1, 0.15) is 57.4 Å². The lowest BCUT2D eigenvalue weighted by molar-refractivity contribution is -0.127. The number of likely N-dealkylation sites (tertiary alicyclic amines) is 1. The van der Waals surface area contributed by atoms with Gasteiger partial charge in [0.15, 0.2) is 0 Å². The van der Waals surface area contributed by atoms with Gasteiger partial charge in [0.05, 0.1) is 9.61 Å². The van der Waals surface area contributed by atoms with Crippen LogP contribution >= 0.6 is 45.2 Å². The first kappa shape index (κ1) is 29.8. The van der Waals surface area contributed by atoms with Crippen molar-refractivity contribution < 1.29 is 14.3 Å². The van der Waals surface area contributed by atoms with Gasteiger partial charge in [0.25, 0.3) is 0 Å². The summed E-state index contributed by atoms with van der Waals surface area (Å²) in [5.41, 5.74) is 2.24. The van der Waals surface area contributed by atoms with E-state index in [1.165, 1.54) is 25.3 Å². The third-order valence-electron chi connectivity index (χ3n) is 8.38. The molecule has 206 valence electrons. The van der Waals surface area contributed by atoms with Gasteiger partial charge in [0.2, 0.25) is 5.91 Å². The second-order valence-corrected chi connectivity index (χ2v) is 13.0. The van der Waals surface area contributed by atoms with E-state index in [9.17, 15) is 14.3 Å². The molecule has 38 heavy (non-hydrogen) atoms. The molecule has 1 amide bonds. The zero-order chi connectivity index (χ0) is 27.1. The number of amides is 1. The largest absolute Gasteiger partial charge is 0.396 e. The molecule has 2 N–H and O–H groups in total. The minimum atomic E-state index is -0.259. The fraction of sp³-hybridized carbons (Fsp3) is 0.516. The molecule has 0 spiro atoms. The fourth-order valence-electron chi connectivity index (χ4n) is 6.23. The average molecular weight is 744 g/mol. The first-order valence-corrected chi connectivity index (χ1v) is 16.1. The Morgan fingerprint density at radius 1 is 1.18 bits per heavy atom. The van der Waals surface area contributed by atoms with Crippen LogP contribution in [-0.2, 0) is 4.79 Å². The first-order valence-electron chi connectivity index (χ1n) is 13.9. The molecule has 4 nitrogen and oxygen atoms in total. The van der Waals surface area contributed by atoms with Gasteiger partial charge in [0.1, 0.15) is 5.82 Å². The Kier molecular flexibility index (Phi) is 11.3. The molecule has 0 saturated carbocycles. The molecule has 4 atom stereocenters. The standard InChI is InChI=1S/C31H39FI2N2O2/c1-2-6-23(26-19-35-29-10-4-3-9-25(26)29)7-5-8-24(20-37)22-13-15-36(16-14-22)30(38)12-11-21-17-27(32)31(34)28(33)18-21/h3-4,9-12,17-19,22-25,29,35,37H,2,5-8,13-16,20H2,1H3/b12-11+/t23?,24-,25?,29?/m1/s1. The Morgan fingerprint density at radius 2 is 1.95 bits per heavy atom. The SMILES string of the molecule is CCCC(CCC[C@H](CO)C1CCN(C(=O)/C=C/c2cc(F)c(I)c(I)c2)CC1)C1=CNC2C=CC=CC12. The number of nitrogens with zero attached hydrogens (tertiary/aromatic N) is 1. The molecule has 3 unspecified atom stereocenters. The number of carbonyl (C=O) groups is 1. The summed E-state index contributed by atoms with van der Waals surface area (Å²) in [6.45, 7) is 3.91. The number of benzene rings is 1. The van der Waals surface area contributed by atoms with E-state index in [0.717, 1.165) is 29.3 Å². The van der Waals surface area contributed by atoms with Gasteiger partial charge in [-0.05, 0) is 131 Å². The fourth-order valence-corrected chi connectivity index (χ4v) is 7.16. The monoisotopic (exact) mass is 744 g/mol. The highest BCUT2D eigenvalue weighted by atomic mass is 127. The highest BCUT2D eigenvalue weighted by molar-refractivity contribution is 14.1. The van der Waals surface area contributed by atoms with E-state index in [0.29, 0.717) is 51.9 Å². The lowest BCUT2D eigenvalue weighted by Crippen LogP contribution is -2.39. The molecule has 0 aromatic heterocycles. The maximum absolute atomic E-state index is 14.0. The van der Waals surface area contributed by atoms with Crippen molar-refractivity contribution in [3.63, 3.8) is 0 Å². The zero-order valence-electron chi connectivity index (χ0n) is 22.1. The van der Waals surface area contributed by atoms with Crippen molar-refractivity contribution in [2.45, 2.75) is 57.9 Å². The highest BCUT2D eigenvalue weighted by Gasteiger charge is 2.32. The number of aliphatic hydroxyl groups is 1. The van der Waals surface area contributed by atoms with E-state index < -0.39 is 0 Å². The predicted octanol–water partition coefficient (Wildman–Crippen LogP) is 7.08. The zero-order valence-corrected chi connectivity index (χ0v) is 26.4. The number of allylic oxidation sites excluding steroid dienone is 2. The minimum absolute atomic E-state index is 0.0243. The van der Waals surface area contributed by atoms with Crippen molar-refractivity contribution in [3.8, 4) is 0 Å². The molecule has 3 aliphatic rings. The number of rotatable bonds is 11. The normalized spacial score (nSPS) is 22.9. The quantitative estimate of drug-likeness (QED) is 0.145. The van der Waals surface area contributed by atoms with Crippen molar-refractivity contribution in [2.75, 3.05) is 19.7 Å². The van der Waals surface area contributed by atoms with Crippen LogP contribution in [0.25, 0.3) is 6.08 Å². The number of nitrogens with one attached hydrogen (secondary N) is 1. The van der Waals surface area contributed by atoms with Crippen molar-refractivity contribution >= 4 is 57.2 Å². The summed E-state index contributed by atoms with van der Waals surface area (Å²) in [5.74, 6) is 1.54. The van der Waals surface area contributed by atoms with Crippen LogP contribution in [0.2, 0.25) is 0 Å². The smallest absolute Gasteiger partial charge is 0.246 e. The molecule has 1 aliphatic carbocycles. The van der Waals surface area contributed by atoms with Crippen LogP contribution in [0.5, 0.6) is 0 Å². The number of hydrogen-bond donors (Lipinski definition) is 2. The Bertz CT molecular complexity index is 1070. The van der Waals surface area contributed by atoms with E-state index in [1.54, 1.807) is 17.7 Å². The number of piperidine rings is 1. The number of halogens is 3. The topological polar surface area (TPSA) is 52.6 Å². The molecular formula is C31H39FI2N2O2. The summed E-state index contributed by atoms with van der Waals surface area (Å²) >= 11 is 4.11. The maximum Gasteiger partial charge on any atom is 0.246 e. The average Bonchev–Trinajstić information content (AvgIpc) is 3.36. The van der Waals surface area contributed by atoms with Crippen molar-refractivity contribution in [3.05, 3.63) is 72.8 Å². The minimum Gasteiger partial charge on any atom is -0.396 e. The summed E-state index contributed by atoms with van der Waals surface area (Å²) in [7, 11) is 0. The second kappa shape index (κ2) is 14.4. The van der Waals surface area contributed by atoms with E-state index in [4.69, 9.17) is 0 Å². The lowest BCUT2D eigenvalue weighted by Gasteiger charge is -2.35. The van der Waals surface area contributed by atoms with Gasteiger partial charge in [0, 0.05) is 35.3 Å². The van der Waals surface area contributed by atoms with Crippen LogP contribution < -0.4 is 5.32 Å². The molecule has 0 bridgehead atoms. The molecular weight excluding hydrogens is 705 g/mol. The van der Waals surface area contributed by atoms with E-state index in [2.05, 4.69) is 65.3 Å². The molecule has 1 aromatic carbocycles. The summed E-state index contributed by atoms with van der Waals surface area (Å²) in [5, 5.41) is 13.8. The number of hydrogen-bond acceptors (Lipinski definition) is 3. The summed E-state index contributed by atoms with van der Waals surface area (Å²) < 4.78 is 15.5. The van der Waals surface area contributed by atoms with E-state index in [1.807, 2.05) is 33.6 Å². The molecule has 2 heterocycles.